The fraction of sp³-hybridized carbons (Fsp3) is 0.450. The first-order chi connectivity index (χ1) is 15.4. The number of carbonyl (C=O) groups is 5. The van der Waals surface area contributed by atoms with Gasteiger partial charge in [-0.15, -0.1) is 0 Å². The number of carbonyl (C=O) groups excluding carboxylic acids is 4. The van der Waals surface area contributed by atoms with E-state index in [9.17, 15) is 34.2 Å². The summed E-state index contributed by atoms with van der Waals surface area (Å²) in [5.74, 6) is -4.54. The first-order valence-corrected chi connectivity index (χ1v) is 10.0. The summed E-state index contributed by atoms with van der Waals surface area (Å²) in [5.41, 5.74) is 11.0. The molecule has 0 saturated heterocycles. The molecule has 4 atom stereocenters. The van der Waals surface area contributed by atoms with Gasteiger partial charge in [-0.1, -0.05) is 12.1 Å². The Balaban J connectivity index is 2.99. The third-order valence-electron chi connectivity index (χ3n) is 4.59. The number of aliphatic carboxylic acids is 1. The summed E-state index contributed by atoms with van der Waals surface area (Å²) in [6.45, 7) is 0.702. The Hall–Kier alpha value is -3.71. The van der Waals surface area contributed by atoms with Crippen LogP contribution in [0.4, 0.5) is 0 Å². The molecule has 4 unspecified atom stereocenters. The van der Waals surface area contributed by atoms with Gasteiger partial charge in [0, 0.05) is 12.8 Å². The van der Waals surface area contributed by atoms with Crippen LogP contribution in [0.3, 0.4) is 0 Å². The van der Waals surface area contributed by atoms with Crippen molar-refractivity contribution >= 4 is 29.6 Å². The highest BCUT2D eigenvalue weighted by molar-refractivity contribution is 5.94. The van der Waals surface area contributed by atoms with E-state index in [0.29, 0.717) is 5.56 Å². The summed E-state index contributed by atoms with van der Waals surface area (Å²) in [7, 11) is 0. The molecule has 1 aromatic rings. The highest BCUT2D eigenvalue weighted by Crippen LogP contribution is 2.12. The number of primary amides is 1. The van der Waals surface area contributed by atoms with E-state index in [1.165, 1.54) is 31.2 Å². The molecular formula is C20H29N5O8. The minimum atomic E-state index is -1.43. The van der Waals surface area contributed by atoms with Crippen molar-refractivity contribution in [3.05, 3.63) is 29.8 Å². The van der Waals surface area contributed by atoms with Crippen molar-refractivity contribution in [3.8, 4) is 5.75 Å². The first-order valence-electron chi connectivity index (χ1n) is 10.0. The molecule has 0 radical (unpaired) electrons. The van der Waals surface area contributed by atoms with Crippen LogP contribution < -0.4 is 27.4 Å². The van der Waals surface area contributed by atoms with Crippen molar-refractivity contribution in [1.29, 1.82) is 0 Å². The van der Waals surface area contributed by atoms with E-state index >= 15 is 0 Å². The number of benzene rings is 1. The lowest BCUT2D eigenvalue weighted by Gasteiger charge is -2.23. The fourth-order valence-corrected chi connectivity index (χ4v) is 2.66. The molecule has 0 aliphatic rings. The molecule has 182 valence electrons. The second kappa shape index (κ2) is 13.0. The number of hydrogen-bond acceptors (Lipinski definition) is 8. The Kier molecular flexibility index (Phi) is 10.7. The van der Waals surface area contributed by atoms with Crippen LogP contribution in [0.25, 0.3) is 0 Å². The highest BCUT2D eigenvalue weighted by atomic mass is 16.4. The number of phenolic OH excluding ortho intramolecular Hbond substituents is 1. The summed E-state index contributed by atoms with van der Waals surface area (Å²) in [6, 6.07) is 0.709. The Morgan fingerprint density at radius 2 is 1.52 bits per heavy atom. The molecule has 1 aromatic carbocycles. The Labute approximate surface area is 189 Å². The van der Waals surface area contributed by atoms with E-state index in [1.807, 2.05) is 0 Å². The van der Waals surface area contributed by atoms with E-state index in [-0.39, 0.29) is 25.0 Å². The van der Waals surface area contributed by atoms with Gasteiger partial charge in [0.05, 0.1) is 6.61 Å². The lowest BCUT2D eigenvalue weighted by Crippen LogP contribution is -2.57. The fourth-order valence-electron chi connectivity index (χ4n) is 2.66. The molecule has 0 bridgehead atoms. The number of rotatable bonds is 13. The number of nitrogens with two attached hydrogens (primary N) is 2. The molecule has 0 aliphatic heterocycles. The van der Waals surface area contributed by atoms with Gasteiger partial charge in [-0.25, -0.2) is 4.79 Å². The number of aliphatic hydroxyl groups is 1. The molecule has 13 heteroatoms. The molecule has 0 saturated carbocycles. The predicted molar refractivity (Wildman–Crippen MR) is 114 cm³/mol. The molecule has 0 aromatic heterocycles. The van der Waals surface area contributed by atoms with Crippen molar-refractivity contribution in [2.45, 2.75) is 50.4 Å². The van der Waals surface area contributed by atoms with Crippen molar-refractivity contribution < 1.29 is 39.3 Å². The highest BCUT2D eigenvalue weighted by Gasteiger charge is 2.29. The number of hydrogen-bond donors (Lipinski definition) is 8. The number of amides is 4. The number of nitrogens with one attached hydrogen (secondary N) is 3. The quantitative estimate of drug-likeness (QED) is 0.148. The van der Waals surface area contributed by atoms with Crippen LogP contribution in [-0.4, -0.2) is 75.7 Å². The van der Waals surface area contributed by atoms with E-state index in [1.54, 1.807) is 0 Å². The van der Waals surface area contributed by atoms with Gasteiger partial charge in [-0.3, -0.25) is 19.2 Å². The number of aromatic hydroxyl groups is 1. The summed E-state index contributed by atoms with van der Waals surface area (Å²) < 4.78 is 0. The number of carboxylic acids is 1. The van der Waals surface area contributed by atoms with Crippen molar-refractivity contribution in [2.75, 3.05) is 6.61 Å². The molecule has 4 amide bonds. The first kappa shape index (κ1) is 27.3. The van der Waals surface area contributed by atoms with Crippen LogP contribution in [0.2, 0.25) is 0 Å². The second-order valence-electron chi connectivity index (χ2n) is 7.36. The van der Waals surface area contributed by atoms with Crippen LogP contribution in [0, 0.1) is 0 Å². The molecular weight excluding hydrogens is 438 g/mol. The average Bonchev–Trinajstić information content (AvgIpc) is 2.76. The number of phenols is 1. The zero-order chi connectivity index (χ0) is 25.1. The van der Waals surface area contributed by atoms with Crippen LogP contribution in [0.15, 0.2) is 24.3 Å². The third kappa shape index (κ3) is 9.53. The number of aliphatic hydroxyl groups excluding tert-OH is 1. The summed E-state index contributed by atoms with van der Waals surface area (Å²) in [6.07, 6.45) is -0.598. The summed E-state index contributed by atoms with van der Waals surface area (Å²) in [4.78, 5) is 59.6. The molecule has 1 rings (SSSR count). The second-order valence-corrected chi connectivity index (χ2v) is 7.36. The van der Waals surface area contributed by atoms with Crippen LogP contribution in [0.1, 0.15) is 25.3 Å². The van der Waals surface area contributed by atoms with Crippen molar-refractivity contribution in [3.63, 3.8) is 0 Å². The van der Waals surface area contributed by atoms with Crippen LogP contribution >= 0.6 is 0 Å². The lowest BCUT2D eigenvalue weighted by molar-refractivity contribution is -0.142. The zero-order valence-corrected chi connectivity index (χ0v) is 18.0. The van der Waals surface area contributed by atoms with Gasteiger partial charge in [-0.2, -0.15) is 0 Å². The maximum Gasteiger partial charge on any atom is 0.326 e. The average molecular weight is 467 g/mol. The minimum Gasteiger partial charge on any atom is -0.508 e. The maximum atomic E-state index is 12.8. The van der Waals surface area contributed by atoms with Gasteiger partial charge < -0.3 is 42.7 Å². The van der Waals surface area contributed by atoms with Crippen molar-refractivity contribution in [1.82, 2.24) is 16.0 Å². The van der Waals surface area contributed by atoms with Gasteiger partial charge in [0.15, 0.2) is 0 Å². The van der Waals surface area contributed by atoms with Gasteiger partial charge in [0.25, 0.3) is 0 Å². The molecule has 0 fully saturated rings. The lowest BCUT2D eigenvalue weighted by atomic mass is 10.0. The Morgan fingerprint density at radius 3 is 2.03 bits per heavy atom. The zero-order valence-electron chi connectivity index (χ0n) is 18.0. The molecule has 13 nitrogen and oxygen atoms in total. The Bertz CT molecular complexity index is 861. The predicted octanol–water partition coefficient (Wildman–Crippen LogP) is -2.92. The molecule has 33 heavy (non-hydrogen) atoms. The summed E-state index contributed by atoms with van der Waals surface area (Å²) >= 11 is 0. The van der Waals surface area contributed by atoms with E-state index in [2.05, 4.69) is 16.0 Å². The van der Waals surface area contributed by atoms with Gasteiger partial charge in [0.2, 0.25) is 23.6 Å². The van der Waals surface area contributed by atoms with Crippen molar-refractivity contribution in [2.24, 2.45) is 11.5 Å². The van der Waals surface area contributed by atoms with Crippen LogP contribution in [-0.2, 0) is 30.4 Å². The Morgan fingerprint density at radius 1 is 0.939 bits per heavy atom. The van der Waals surface area contributed by atoms with Gasteiger partial charge >= 0.3 is 5.97 Å². The van der Waals surface area contributed by atoms with Gasteiger partial charge in [0.1, 0.15) is 29.9 Å². The molecule has 0 aliphatic carbocycles. The van der Waals surface area contributed by atoms with Gasteiger partial charge in [-0.05, 0) is 31.0 Å². The van der Waals surface area contributed by atoms with Crippen LogP contribution in [0.5, 0.6) is 5.75 Å². The SMILES string of the molecule is CC(NC(=O)C(N)CO)C(=O)NC(Cc1ccc(O)cc1)C(=O)NC(CCC(N)=O)C(=O)O. The topological polar surface area (TPSA) is 234 Å². The largest absolute Gasteiger partial charge is 0.508 e. The molecule has 0 spiro atoms. The minimum absolute atomic E-state index is 0.0160. The molecule has 10 N–H and O–H groups in total. The van der Waals surface area contributed by atoms with E-state index in [4.69, 9.17) is 16.6 Å². The van der Waals surface area contributed by atoms with E-state index in [0.717, 1.165) is 0 Å². The number of carboxylic acid groups (broad SMARTS) is 1. The molecule has 0 heterocycles. The smallest absolute Gasteiger partial charge is 0.326 e. The third-order valence-corrected chi connectivity index (χ3v) is 4.59. The standard InChI is InChI=1S/C20H29N5O8/c1-10(23-18(30)13(21)9-26)17(29)25-15(8-11-2-4-12(27)5-3-11)19(31)24-14(20(32)33)6-7-16(22)28/h2-5,10,13-15,26-27H,6-9,21H2,1H3,(H2,22,28)(H,23,30)(H,24,31)(H,25,29)(H,32,33). The van der Waals surface area contributed by atoms with E-state index < -0.39 is 60.4 Å². The monoisotopic (exact) mass is 467 g/mol. The normalized spacial score (nSPS) is 14.3. The maximum absolute atomic E-state index is 12.8. The summed E-state index contributed by atoms with van der Waals surface area (Å²) in [5, 5.41) is 34.7.